The van der Waals surface area contributed by atoms with E-state index >= 15 is 0 Å². The molecule has 1 aliphatic rings. The molecule has 28 heavy (non-hydrogen) atoms. The van der Waals surface area contributed by atoms with Gasteiger partial charge in [-0.05, 0) is 30.3 Å². The summed E-state index contributed by atoms with van der Waals surface area (Å²) in [5.41, 5.74) is -1.69. The van der Waals surface area contributed by atoms with Crippen molar-refractivity contribution in [2.75, 3.05) is 0 Å². The van der Waals surface area contributed by atoms with Crippen molar-refractivity contribution in [2.45, 2.75) is 18.6 Å². The lowest BCUT2D eigenvalue weighted by Gasteiger charge is -2.28. The van der Waals surface area contributed by atoms with E-state index in [1.165, 1.54) is 24.4 Å². The molecule has 1 aliphatic heterocycles. The molecule has 1 N–H and O–H groups in total. The minimum absolute atomic E-state index is 0.0134. The van der Waals surface area contributed by atoms with Gasteiger partial charge in [0.15, 0.2) is 0 Å². The van der Waals surface area contributed by atoms with Crippen LogP contribution in [0, 0.1) is 0 Å². The fourth-order valence-corrected chi connectivity index (χ4v) is 2.61. The van der Waals surface area contributed by atoms with Gasteiger partial charge >= 0.3 is 18.5 Å². The van der Waals surface area contributed by atoms with Gasteiger partial charge in [0.25, 0.3) is 0 Å². The highest BCUT2D eigenvalue weighted by Gasteiger charge is 2.49. The Balaban J connectivity index is 2.24. The van der Waals surface area contributed by atoms with Crippen LogP contribution in [0.5, 0.6) is 11.5 Å². The first kappa shape index (κ1) is 19.5. The summed E-state index contributed by atoms with van der Waals surface area (Å²) in [7, 11) is 0. The van der Waals surface area contributed by atoms with Crippen molar-refractivity contribution in [3.63, 3.8) is 0 Å². The molecule has 0 radical (unpaired) electrons. The first-order valence-corrected chi connectivity index (χ1v) is 7.49. The zero-order valence-electron chi connectivity index (χ0n) is 13.5. The van der Waals surface area contributed by atoms with Gasteiger partial charge < -0.3 is 14.6 Å². The van der Waals surface area contributed by atoms with Gasteiger partial charge in [0.2, 0.25) is 6.10 Å². The number of aliphatic carboxylic acids is 1. The van der Waals surface area contributed by atoms with E-state index in [0.717, 1.165) is 12.1 Å². The average molecular weight is 405 g/mol. The SMILES string of the molecule is O=C(O)C1=Cc2cc(OC(F)(F)F)cc(-c3ccccn3)c2OC1C(F)(F)F. The number of aromatic nitrogens is 1. The number of benzene rings is 1. The molecule has 0 spiro atoms. The van der Waals surface area contributed by atoms with Crippen molar-refractivity contribution >= 4 is 12.0 Å². The summed E-state index contributed by atoms with van der Waals surface area (Å²) >= 11 is 0. The maximum Gasteiger partial charge on any atom is 0.573 e. The molecule has 0 bridgehead atoms. The predicted octanol–water partition coefficient (Wildman–Crippen LogP) is 4.44. The summed E-state index contributed by atoms with van der Waals surface area (Å²) < 4.78 is 86.3. The van der Waals surface area contributed by atoms with E-state index in [4.69, 9.17) is 9.84 Å². The second-order valence-electron chi connectivity index (χ2n) is 5.60. The molecule has 1 unspecified atom stereocenters. The van der Waals surface area contributed by atoms with Crippen LogP contribution in [0.2, 0.25) is 0 Å². The minimum atomic E-state index is -5.07. The van der Waals surface area contributed by atoms with Crippen LogP contribution in [-0.4, -0.2) is 34.7 Å². The lowest BCUT2D eigenvalue weighted by Crippen LogP contribution is -2.40. The zero-order chi connectivity index (χ0) is 20.7. The normalized spacial score (nSPS) is 16.6. The second-order valence-corrected chi connectivity index (χ2v) is 5.60. The highest BCUT2D eigenvalue weighted by molar-refractivity contribution is 5.96. The van der Waals surface area contributed by atoms with Crippen molar-refractivity contribution in [1.29, 1.82) is 0 Å². The number of carboxylic acid groups (broad SMARTS) is 1. The summed E-state index contributed by atoms with van der Waals surface area (Å²) in [6.07, 6.45) is -11.0. The zero-order valence-corrected chi connectivity index (χ0v) is 13.5. The summed E-state index contributed by atoms with van der Waals surface area (Å²) in [5, 5.41) is 9.07. The van der Waals surface area contributed by atoms with Crippen LogP contribution in [0.25, 0.3) is 17.3 Å². The van der Waals surface area contributed by atoms with Crippen molar-refractivity contribution in [2.24, 2.45) is 0 Å². The highest BCUT2D eigenvalue weighted by Crippen LogP contribution is 2.44. The quantitative estimate of drug-likeness (QED) is 0.765. The predicted molar refractivity (Wildman–Crippen MR) is 82.4 cm³/mol. The number of pyridine rings is 1. The first-order valence-electron chi connectivity index (χ1n) is 7.49. The number of nitrogens with zero attached hydrogens (tertiary/aromatic N) is 1. The van der Waals surface area contributed by atoms with Gasteiger partial charge in [-0.1, -0.05) is 6.07 Å². The topological polar surface area (TPSA) is 68.7 Å². The van der Waals surface area contributed by atoms with Crippen LogP contribution >= 0.6 is 0 Å². The monoisotopic (exact) mass is 405 g/mol. The standard InChI is InChI=1S/C17H9F6NO4/c18-16(19,20)14-11(15(25)26)6-8-5-9(28-17(21,22)23)7-10(13(8)27-14)12-3-1-2-4-24-12/h1-7,14H,(H,25,26). The average Bonchev–Trinajstić information content (AvgIpc) is 2.58. The Hall–Kier alpha value is -3.24. The summed E-state index contributed by atoms with van der Waals surface area (Å²) in [4.78, 5) is 15.1. The molecule has 0 amide bonds. The number of fused-ring (bicyclic) bond motifs is 1. The molecule has 1 aromatic carbocycles. The third-order valence-corrected chi connectivity index (χ3v) is 3.64. The molecule has 5 nitrogen and oxygen atoms in total. The number of halogens is 6. The van der Waals surface area contributed by atoms with Gasteiger partial charge in [-0.15, -0.1) is 13.2 Å². The number of hydrogen-bond acceptors (Lipinski definition) is 4. The number of alkyl halides is 6. The van der Waals surface area contributed by atoms with Crippen LogP contribution in [0.15, 0.2) is 42.1 Å². The van der Waals surface area contributed by atoms with Crippen LogP contribution in [0.4, 0.5) is 26.3 Å². The van der Waals surface area contributed by atoms with Gasteiger partial charge in [-0.25, -0.2) is 4.79 Å². The van der Waals surface area contributed by atoms with Crippen LogP contribution in [-0.2, 0) is 4.79 Å². The summed E-state index contributed by atoms with van der Waals surface area (Å²) in [6, 6.07) is 5.87. The smallest absolute Gasteiger partial charge is 0.478 e. The molecule has 1 aromatic heterocycles. The Morgan fingerprint density at radius 3 is 2.39 bits per heavy atom. The molecular formula is C17H9F6NO4. The third kappa shape index (κ3) is 4.02. The van der Waals surface area contributed by atoms with Gasteiger partial charge in [-0.3, -0.25) is 4.98 Å². The molecule has 11 heteroatoms. The Morgan fingerprint density at radius 2 is 1.86 bits per heavy atom. The van der Waals surface area contributed by atoms with E-state index in [0.29, 0.717) is 6.08 Å². The Morgan fingerprint density at radius 1 is 1.14 bits per heavy atom. The Kier molecular flexibility index (Phi) is 4.69. The van der Waals surface area contributed by atoms with Gasteiger partial charge in [0.05, 0.1) is 11.3 Å². The van der Waals surface area contributed by atoms with Crippen molar-refractivity contribution in [1.82, 2.24) is 4.98 Å². The highest BCUT2D eigenvalue weighted by atomic mass is 19.4. The van der Waals surface area contributed by atoms with E-state index in [2.05, 4.69) is 9.72 Å². The largest absolute Gasteiger partial charge is 0.573 e. The van der Waals surface area contributed by atoms with Gasteiger partial charge in [0, 0.05) is 17.3 Å². The Labute approximate surface area is 152 Å². The van der Waals surface area contributed by atoms with Gasteiger partial charge in [0.1, 0.15) is 11.5 Å². The van der Waals surface area contributed by atoms with Crippen LogP contribution in [0.3, 0.4) is 0 Å². The second kappa shape index (κ2) is 6.73. The van der Waals surface area contributed by atoms with E-state index < -0.39 is 41.7 Å². The molecule has 2 aromatic rings. The van der Waals surface area contributed by atoms with Crippen LogP contribution < -0.4 is 9.47 Å². The fourth-order valence-electron chi connectivity index (χ4n) is 2.61. The number of rotatable bonds is 3. The molecule has 0 saturated carbocycles. The molecule has 2 heterocycles. The Bertz CT molecular complexity index is 937. The maximum absolute atomic E-state index is 13.3. The molecule has 3 rings (SSSR count). The summed E-state index contributed by atoms with van der Waals surface area (Å²) in [5.74, 6) is -3.14. The fraction of sp³-hybridized carbons (Fsp3) is 0.176. The molecule has 0 saturated heterocycles. The van der Waals surface area contributed by atoms with Gasteiger partial charge in [-0.2, -0.15) is 13.2 Å². The van der Waals surface area contributed by atoms with E-state index in [1.54, 1.807) is 0 Å². The van der Waals surface area contributed by atoms with E-state index in [9.17, 15) is 31.1 Å². The molecular weight excluding hydrogens is 396 g/mol. The number of carbonyl (C=O) groups is 1. The van der Waals surface area contributed by atoms with E-state index in [1.807, 2.05) is 0 Å². The van der Waals surface area contributed by atoms with Crippen LogP contribution in [0.1, 0.15) is 5.56 Å². The maximum atomic E-state index is 13.3. The molecule has 0 fully saturated rings. The lowest BCUT2D eigenvalue weighted by atomic mass is 9.97. The third-order valence-electron chi connectivity index (χ3n) is 3.64. The molecule has 0 aliphatic carbocycles. The van der Waals surface area contributed by atoms with Crippen molar-refractivity contribution < 1.29 is 45.7 Å². The summed E-state index contributed by atoms with van der Waals surface area (Å²) in [6.45, 7) is 0. The molecule has 1 atom stereocenters. The number of hydrogen-bond donors (Lipinski definition) is 1. The number of ether oxygens (including phenoxy) is 2. The van der Waals surface area contributed by atoms with E-state index in [-0.39, 0.29) is 16.8 Å². The first-order chi connectivity index (χ1) is 13.0. The number of carboxylic acids is 1. The lowest BCUT2D eigenvalue weighted by molar-refractivity contribution is -0.274. The van der Waals surface area contributed by atoms with Crippen molar-refractivity contribution in [3.8, 4) is 22.8 Å². The minimum Gasteiger partial charge on any atom is -0.478 e. The molecule has 148 valence electrons. The van der Waals surface area contributed by atoms with Crippen molar-refractivity contribution in [3.05, 3.63) is 47.7 Å².